The number of hydrogen-bond acceptors (Lipinski definition) is 4. The van der Waals surface area contributed by atoms with Gasteiger partial charge in [0.1, 0.15) is 5.78 Å². The Bertz CT molecular complexity index is 349. The number of ketones is 1. The number of carbonyl (C=O) groups excluding carboxylic acids is 1. The minimum absolute atomic E-state index is 0.166. The molecular formula is C12H20N2OS. The van der Waals surface area contributed by atoms with Gasteiger partial charge in [0.25, 0.3) is 0 Å². The van der Waals surface area contributed by atoms with E-state index in [1.54, 1.807) is 11.3 Å². The number of Topliss-reactive ketones (excluding diaryl/α,β-unsaturated/α-hetero) is 1. The highest BCUT2D eigenvalue weighted by Gasteiger charge is 2.13. The molecule has 1 heterocycles. The molecule has 1 atom stereocenters. The van der Waals surface area contributed by atoms with Gasteiger partial charge in [0.05, 0.1) is 17.2 Å². The lowest BCUT2D eigenvalue weighted by molar-refractivity contribution is -0.123. The van der Waals surface area contributed by atoms with Crippen LogP contribution in [-0.2, 0) is 11.3 Å². The van der Waals surface area contributed by atoms with Gasteiger partial charge in [0.2, 0.25) is 0 Å². The van der Waals surface area contributed by atoms with Gasteiger partial charge >= 0.3 is 0 Å². The molecule has 0 radical (unpaired) electrons. The fourth-order valence-electron chi connectivity index (χ4n) is 1.46. The molecule has 90 valence electrons. The van der Waals surface area contributed by atoms with Gasteiger partial charge in [0, 0.05) is 17.8 Å². The highest BCUT2D eigenvalue weighted by Crippen LogP contribution is 2.10. The van der Waals surface area contributed by atoms with E-state index >= 15 is 0 Å². The van der Waals surface area contributed by atoms with Crippen molar-refractivity contribution in [3.8, 4) is 0 Å². The minimum Gasteiger partial charge on any atom is -0.298 e. The van der Waals surface area contributed by atoms with Crippen LogP contribution in [0.15, 0.2) is 5.38 Å². The summed E-state index contributed by atoms with van der Waals surface area (Å²) in [5.41, 5.74) is 1.06. The first-order valence-corrected chi connectivity index (χ1v) is 6.53. The Hall–Kier alpha value is -0.740. The number of likely N-dealkylation sites (N-methyl/N-ethyl adjacent to an activating group) is 1. The zero-order valence-corrected chi connectivity index (χ0v) is 11.3. The van der Waals surface area contributed by atoms with E-state index in [4.69, 9.17) is 0 Å². The number of nitrogens with zero attached hydrogens (tertiary/aromatic N) is 2. The molecule has 1 rings (SSSR count). The molecule has 0 fully saturated rings. The van der Waals surface area contributed by atoms with E-state index in [-0.39, 0.29) is 5.92 Å². The SMILES string of the molecule is CCC(C)C(=O)CN(C)Cc1csc(C)n1. The predicted octanol–water partition coefficient (Wildman–Crippen LogP) is 2.50. The summed E-state index contributed by atoms with van der Waals surface area (Å²) in [5.74, 6) is 0.483. The number of hydrogen-bond donors (Lipinski definition) is 0. The van der Waals surface area contributed by atoms with Crippen molar-refractivity contribution < 1.29 is 4.79 Å². The Morgan fingerprint density at radius 3 is 2.81 bits per heavy atom. The zero-order valence-electron chi connectivity index (χ0n) is 10.5. The molecule has 16 heavy (non-hydrogen) atoms. The first kappa shape index (κ1) is 13.3. The smallest absolute Gasteiger partial charge is 0.149 e. The number of thiazole rings is 1. The molecule has 1 aromatic rings. The van der Waals surface area contributed by atoms with Crippen LogP contribution in [0.1, 0.15) is 31.0 Å². The fraction of sp³-hybridized carbons (Fsp3) is 0.667. The second-order valence-corrected chi connectivity index (χ2v) is 5.37. The summed E-state index contributed by atoms with van der Waals surface area (Å²) in [5, 5.41) is 3.14. The average molecular weight is 240 g/mol. The molecule has 0 saturated heterocycles. The summed E-state index contributed by atoms with van der Waals surface area (Å²) < 4.78 is 0. The van der Waals surface area contributed by atoms with Crippen molar-refractivity contribution in [2.24, 2.45) is 5.92 Å². The second kappa shape index (κ2) is 6.11. The lowest BCUT2D eigenvalue weighted by atomic mass is 10.0. The summed E-state index contributed by atoms with van der Waals surface area (Å²) in [6.07, 6.45) is 0.919. The normalized spacial score (nSPS) is 13.1. The number of aryl methyl sites for hydroxylation is 1. The van der Waals surface area contributed by atoms with Crippen molar-refractivity contribution in [1.82, 2.24) is 9.88 Å². The summed E-state index contributed by atoms with van der Waals surface area (Å²) in [4.78, 5) is 18.1. The van der Waals surface area contributed by atoms with Gasteiger partial charge in [-0.25, -0.2) is 4.98 Å². The van der Waals surface area contributed by atoms with Gasteiger partial charge in [-0.05, 0) is 20.4 Å². The standard InChI is InChI=1S/C12H20N2OS/c1-5-9(2)12(15)7-14(4)6-11-8-16-10(3)13-11/h8-9H,5-7H2,1-4H3. The predicted molar refractivity (Wildman–Crippen MR) is 67.6 cm³/mol. The molecule has 4 heteroatoms. The van der Waals surface area contributed by atoms with Gasteiger partial charge in [0.15, 0.2) is 0 Å². The van der Waals surface area contributed by atoms with E-state index in [1.165, 1.54) is 0 Å². The molecule has 0 aromatic carbocycles. The molecule has 0 bridgehead atoms. The summed E-state index contributed by atoms with van der Waals surface area (Å²) >= 11 is 1.65. The molecule has 1 unspecified atom stereocenters. The minimum atomic E-state index is 0.166. The largest absolute Gasteiger partial charge is 0.298 e. The third-order valence-electron chi connectivity index (χ3n) is 2.69. The second-order valence-electron chi connectivity index (χ2n) is 4.31. The highest BCUT2D eigenvalue weighted by molar-refractivity contribution is 7.09. The maximum atomic E-state index is 11.7. The monoisotopic (exact) mass is 240 g/mol. The maximum absolute atomic E-state index is 11.7. The third kappa shape index (κ3) is 4.02. The molecule has 0 saturated carbocycles. The van der Waals surface area contributed by atoms with Crippen LogP contribution in [0.25, 0.3) is 0 Å². The van der Waals surface area contributed by atoms with Crippen molar-refractivity contribution >= 4 is 17.1 Å². The first-order chi connectivity index (χ1) is 7.52. The van der Waals surface area contributed by atoms with E-state index in [9.17, 15) is 4.79 Å². The van der Waals surface area contributed by atoms with Crippen molar-refractivity contribution in [1.29, 1.82) is 0 Å². The molecule has 0 spiro atoms. The Labute approximate surface area is 101 Å². The molecule has 0 amide bonds. The van der Waals surface area contributed by atoms with Crippen LogP contribution in [0.3, 0.4) is 0 Å². The average Bonchev–Trinajstić information content (AvgIpc) is 2.62. The Balaban J connectivity index is 2.41. The molecule has 0 aliphatic carbocycles. The Morgan fingerprint density at radius 2 is 2.31 bits per heavy atom. The van der Waals surface area contributed by atoms with Gasteiger partial charge in [-0.2, -0.15) is 0 Å². The van der Waals surface area contributed by atoms with Gasteiger partial charge in [-0.3, -0.25) is 9.69 Å². The van der Waals surface area contributed by atoms with E-state index in [0.717, 1.165) is 23.7 Å². The first-order valence-electron chi connectivity index (χ1n) is 5.65. The topological polar surface area (TPSA) is 33.2 Å². The van der Waals surface area contributed by atoms with Crippen LogP contribution < -0.4 is 0 Å². The zero-order chi connectivity index (χ0) is 12.1. The third-order valence-corrected chi connectivity index (χ3v) is 3.51. The van der Waals surface area contributed by atoms with Crippen LogP contribution in [-0.4, -0.2) is 29.3 Å². The van der Waals surface area contributed by atoms with Crippen LogP contribution >= 0.6 is 11.3 Å². The number of rotatable bonds is 6. The number of aromatic nitrogens is 1. The molecule has 1 aromatic heterocycles. The molecule has 0 N–H and O–H groups in total. The molecule has 0 aliphatic heterocycles. The maximum Gasteiger partial charge on any atom is 0.149 e. The quantitative estimate of drug-likeness (QED) is 0.766. The lowest BCUT2D eigenvalue weighted by Crippen LogP contribution is -2.29. The van der Waals surface area contributed by atoms with Crippen molar-refractivity contribution in [3.63, 3.8) is 0 Å². The van der Waals surface area contributed by atoms with Gasteiger partial charge in [-0.15, -0.1) is 11.3 Å². The van der Waals surface area contributed by atoms with Crippen LogP contribution in [0.5, 0.6) is 0 Å². The number of carbonyl (C=O) groups is 1. The van der Waals surface area contributed by atoms with Crippen LogP contribution in [0, 0.1) is 12.8 Å². The highest BCUT2D eigenvalue weighted by atomic mass is 32.1. The van der Waals surface area contributed by atoms with Crippen LogP contribution in [0.2, 0.25) is 0 Å². The fourth-order valence-corrected chi connectivity index (χ4v) is 2.07. The van der Waals surface area contributed by atoms with Crippen LogP contribution in [0.4, 0.5) is 0 Å². The summed E-state index contributed by atoms with van der Waals surface area (Å²) in [6.45, 7) is 7.31. The molecule has 0 aliphatic rings. The van der Waals surface area contributed by atoms with Crippen molar-refractivity contribution in [2.75, 3.05) is 13.6 Å². The Kier molecular flexibility index (Phi) is 5.09. The van der Waals surface area contributed by atoms with Crippen molar-refractivity contribution in [3.05, 3.63) is 16.1 Å². The summed E-state index contributed by atoms with van der Waals surface area (Å²) in [6, 6.07) is 0. The van der Waals surface area contributed by atoms with E-state index in [0.29, 0.717) is 12.3 Å². The van der Waals surface area contributed by atoms with Gasteiger partial charge < -0.3 is 0 Å². The molecule has 3 nitrogen and oxygen atoms in total. The van der Waals surface area contributed by atoms with E-state index in [1.807, 2.05) is 32.7 Å². The van der Waals surface area contributed by atoms with Gasteiger partial charge in [-0.1, -0.05) is 13.8 Å². The van der Waals surface area contributed by atoms with Crippen molar-refractivity contribution in [2.45, 2.75) is 33.7 Å². The molecular weight excluding hydrogens is 220 g/mol. The lowest BCUT2D eigenvalue weighted by Gasteiger charge is -2.16. The summed E-state index contributed by atoms with van der Waals surface area (Å²) in [7, 11) is 1.97. The van der Waals surface area contributed by atoms with E-state index < -0.39 is 0 Å². The van der Waals surface area contributed by atoms with E-state index in [2.05, 4.69) is 10.4 Å². The Morgan fingerprint density at radius 1 is 1.62 bits per heavy atom.